The Labute approximate surface area is 126 Å². The van der Waals surface area contributed by atoms with E-state index in [1.165, 1.54) is 4.88 Å². The van der Waals surface area contributed by atoms with Gasteiger partial charge in [0.25, 0.3) is 0 Å². The van der Waals surface area contributed by atoms with Gasteiger partial charge in [-0.15, -0.1) is 11.3 Å². The molecule has 1 aromatic heterocycles. The first-order valence-electron chi connectivity index (χ1n) is 7.55. The summed E-state index contributed by atoms with van der Waals surface area (Å²) in [6, 6.07) is 5.14. The smallest absolute Gasteiger partial charge is 0.222 e. The van der Waals surface area contributed by atoms with E-state index in [0.717, 1.165) is 19.5 Å². The zero-order chi connectivity index (χ0) is 14.7. The zero-order valence-electron chi connectivity index (χ0n) is 12.9. The molecule has 3 nitrogen and oxygen atoms in total. The van der Waals surface area contributed by atoms with Crippen molar-refractivity contribution in [1.82, 2.24) is 10.2 Å². The van der Waals surface area contributed by atoms with E-state index in [4.69, 9.17) is 0 Å². The molecule has 0 bridgehead atoms. The number of carbonyl (C=O) groups excluding carboxylic acids is 1. The Hall–Kier alpha value is -0.870. The lowest BCUT2D eigenvalue weighted by molar-refractivity contribution is -0.125. The molecule has 2 rings (SSSR count). The molecule has 0 saturated carbocycles. The number of amides is 1. The fraction of sp³-hybridized carbons (Fsp3) is 0.688. The molecule has 2 unspecified atom stereocenters. The van der Waals surface area contributed by atoms with E-state index >= 15 is 0 Å². The number of likely N-dealkylation sites (tertiary alicyclic amines) is 1. The van der Waals surface area contributed by atoms with Crippen molar-refractivity contribution in [2.24, 2.45) is 5.92 Å². The zero-order valence-corrected chi connectivity index (χ0v) is 13.7. The summed E-state index contributed by atoms with van der Waals surface area (Å²) < 4.78 is 0. The molecule has 1 saturated heterocycles. The fourth-order valence-electron chi connectivity index (χ4n) is 2.76. The average Bonchev–Trinajstić information content (AvgIpc) is 2.92. The van der Waals surface area contributed by atoms with Crippen LogP contribution in [0.15, 0.2) is 17.5 Å². The second-order valence-corrected chi connectivity index (χ2v) is 7.34. The van der Waals surface area contributed by atoms with E-state index in [2.05, 4.69) is 41.6 Å². The summed E-state index contributed by atoms with van der Waals surface area (Å²) in [5.74, 6) is 0.777. The number of nitrogens with zero attached hydrogens (tertiary/aromatic N) is 1. The molecule has 112 valence electrons. The Morgan fingerprint density at radius 3 is 2.65 bits per heavy atom. The summed E-state index contributed by atoms with van der Waals surface area (Å²) in [5.41, 5.74) is 0. The topological polar surface area (TPSA) is 32.3 Å². The van der Waals surface area contributed by atoms with Crippen molar-refractivity contribution in [1.29, 1.82) is 0 Å². The lowest BCUT2D eigenvalue weighted by Crippen LogP contribution is -2.52. The van der Waals surface area contributed by atoms with Gasteiger partial charge in [-0.25, -0.2) is 0 Å². The summed E-state index contributed by atoms with van der Waals surface area (Å²) in [5, 5.41) is 5.36. The van der Waals surface area contributed by atoms with Gasteiger partial charge in [-0.3, -0.25) is 9.69 Å². The number of piperidine rings is 1. The largest absolute Gasteiger partial charge is 0.352 e. The molecule has 4 heteroatoms. The van der Waals surface area contributed by atoms with Crippen LogP contribution in [0.2, 0.25) is 0 Å². The predicted molar refractivity (Wildman–Crippen MR) is 85.2 cm³/mol. The lowest BCUT2D eigenvalue weighted by Gasteiger charge is -2.40. The normalized spacial score (nSPS) is 24.3. The summed E-state index contributed by atoms with van der Waals surface area (Å²) in [6.45, 7) is 10.4. The standard InChI is InChI=1S/C16H26N2OS/c1-11(2)16(19)17-14-8-13(15-6-5-7-20-15)9-18(10-14)12(3)4/h5-7,11-14H,8-10H2,1-4H3,(H,17,19). The highest BCUT2D eigenvalue weighted by atomic mass is 32.1. The second-order valence-electron chi connectivity index (χ2n) is 6.36. The minimum atomic E-state index is 0.0598. The third-order valence-electron chi connectivity index (χ3n) is 4.03. The van der Waals surface area contributed by atoms with E-state index in [1.807, 2.05) is 25.2 Å². The Balaban J connectivity index is 2.06. The minimum Gasteiger partial charge on any atom is -0.352 e. The molecule has 2 atom stereocenters. The Morgan fingerprint density at radius 1 is 1.35 bits per heavy atom. The molecule has 2 heterocycles. The van der Waals surface area contributed by atoms with Gasteiger partial charge in [0, 0.05) is 41.9 Å². The molecule has 1 amide bonds. The maximum atomic E-state index is 12.0. The highest BCUT2D eigenvalue weighted by molar-refractivity contribution is 7.10. The summed E-state index contributed by atoms with van der Waals surface area (Å²) in [4.78, 5) is 15.9. The van der Waals surface area contributed by atoms with Crippen LogP contribution in [0.1, 0.15) is 44.9 Å². The lowest BCUT2D eigenvalue weighted by atomic mass is 9.91. The molecule has 0 aromatic carbocycles. The first-order valence-corrected chi connectivity index (χ1v) is 8.43. The van der Waals surface area contributed by atoms with Crippen LogP contribution in [-0.4, -0.2) is 36.0 Å². The van der Waals surface area contributed by atoms with Gasteiger partial charge in [0.1, 0.15) is 0 Å². The number of thiophene rings is 1. The summed E-state index contributed by atoms with van der Waals surface area (Å²) >= 11 is 1.83. The molecular formula is C16H26N2OS. The molecule has 20 heavy (non-hydrogen) atoms. The highest BCUT2D eigenvalue weighted by Crippen LogP contribution is 2.31. The van der Waals surface area contributed by atoms with Crippen LogP contribution in [0.4, 0.5) is 0 Å². The maximum absolute atomic E-state index is 12.0. The first kappa shape index (κ1) is 15.5. The Morgan fingerprint density at radius 2 is 2.10 bits per heavy atom. The van der Waals surface area contributed by atoms with E-state index < -0.39 is 0 Å². The predicted octanol–water partition coefficient (Wildman–Crippen LogP) is 3.09. The van der Waals surface area contributed by atoms with Gasteiger partial charge in [0.2, 0.25) is 5.91 Å². The number of carbonyl (C=O) groups is 1. The number of rotatable bonds is 4. The molecule has 1 aliphatic rings. The van der Waals surface area contributed by atoms with Gasteiger partial charge < -0.3 is 5.32 Å². The second kappa shape index (κ2) is 6.72. The summed E-state index contributed by atoms with van der Waals surface area (Å²) in [7, 11) is 0. The minimum absolute atomic E-state index is 0.0598. The van der Waals surface area contributed by atoms with Crippen molar-refractivity contribution >= 4 is 17.2 Å². The van der Waals surface area contributed by atoms with Crippen molar-refractivity contribution in [3.63, 3.8) is 0 Å². The van der Waals surface area contributed by atoms with E-state index in [0.29, 0.717) is 12.0 Å². The molecule has 0 aliphatic carbocycles. The SMILES string of the molecule is CC(C)C(=O)NC1CC(c2cccs2)CN(C(C)C)C1. The molecule has 0 radical (unpaired) electrons. The first-order chi connectivity index (χ1) is 9.47. The van der Waals surface area contributed by atoms with Crippen LogP contribution in [-0.2, 0) is 4.79 Å². The van der Waals surface area contributed by atoms with Gasteiger partial charge in [0.15, 0.2) is 0 Å². The van der Waals surface area contributed by atoms with Crippen molar-refractivity contribution in [2.45, 2.75) is 52.1 Å². The van der Waals surface area contributed by atoms with Gasteiger partial charge in [-0.05, 0) is 31.7 Å². The van der Waals surface area contributed by atoms with Gasteiger partial charge in [-0.2, -0.15) is 0 Å². The average molecular weight is 294 g/mol. The summed E-state index contributed by atoms with van der Waals surface area (Å²) in [6.07, 6.45) is 1.06. The Kier molecular flexibility index (Phi) is 5.22. The van der Waals surface area contributed by atoms with E-state index in [-0.39, 0.29) is 17.9 Å². The monoisotopic (exact) mass is 294 g/mol. The molecule has 1 N–H and O–H groups in total. The molecule has 0 spiro atoms. The van der Waals surface area contributed by atoms with Crippen LogP contribution in [0.25, 0.3) is 0 Å². The third kappa shape index (κ3) is 3.83. The molecule has 1 aliphatic heterocycles. The maximum Gasteiger partial charge on any atom is 0.222 e. The quantitative estimate of drug-likeness (QED) is 0.925. The van der Waals surface area contributed by atoms with Crippen LogP contribution in [0.3, 0.4) is 0 Å². The molecule has 1 fully saturated rings. The van der Waals surface area contributed by atoms with E-state index in [1.54, 1.807) is 0 Å². The highest BCUT2D eigenvalue weighted by Gasteiger charge is 2.31. The number of hydrogen-bond donors (Lipinski definition) is 1. The van der Waals surface area contributed by atoms with E-state index in [9.17, 15) is 4.79 Å². The van der Waals surface area contributed by atoms with Crippen LogP contribution in [0.5, 0.6) is 0 Å². The van der Waals surface area contributed by atoms with Crippen molar-refractivity contribution in [3.05, 3.63) is 22.4 Å². The van der Waals surface area contributed by atoms with Crippen LogP contribution >= 0.6 is 11.3 Å². The number of nitrogens with one attached hydrogen (secondary N) is 1. The molecule has 1 aromatic rings. The number of hydrogen-bond acceptors (Lipinski definition) is 3. The third-order valence-corrected chi connectivity index (χ3v) is 5.06. The van der Waals surface area contributed by atoms with Gasteiger partial charge in [-0.1, -0.05) is 19.9 Å². The Bertz CT molecular complexity index is 428. The van der Waals surface area contributed by atoms with Crippen LogP contribution < -0.4 is 5.32 Å². The van der Waals surface area contributed by atoms with Crippen molar-refractivity contribution < 1.29 is 4.79 Å². The molecular weight excluding hydrogens is 268 g/mol. The van der Waals surface area contributed by atoms with Gasteiger partial charge in [0.05, 0.1) is 0 Å². The van der Waals surface area contributed by atoms with Crippen LogP contribution in [0, 0.1) is 5.92 Å². The van der Waals surface area contributed by atoms with Crippen molar-refractivity contribution in [3.8, 4) is 0 Å². The van der Waals surface area contributed by atoms with Crippen molar-refractivity contribution in [2.75, 3.05) is 13.1 Å². The fourth-order valence-corrected chi connectivity index (χ4v) is 3.59. The van der Waals surface area contributed by atoms with Gasteiger partial charge >= 0.3 is 0 Å².